The smallest absolute Gasteiger partial charge is 0.231 e. The molecule has 0 aromatic heterocycles. The third kappa shape index (κ3) is 2.53. The van der Waals surface area contributed by atoms with Crippen molar-refractivity contribution in [2.75, 3.05) is 27.8 Å². The van der Waals surface area contributed by atoms with Gasteiger partial charge in [-0.15, -0.1) is 0 Å². The fraction of sp³-hybridized carbons (Fsp3) is 0.455. The van der Waals surface area contributed by atoms with E-state index in [-0.39, 0.29) is 25.4 Å². The molecule has 154 valence electrons. The molecule has 0 radical (unpaired) electrons. The van der Waals surface area contributed by atoms with Crippen LogP contribution >= 0.6 is 0 Å². The second-order valence-electron chi connectivity index (χ2n) is 7.77. The third-order valence-corrected chi connectivity index (χ3v) is 6.27. The summed E-state index contributed by atoms with van der Waals surface area (Å²) in [4.78, 5) is 0. The highest BCUT2D eigenvalue weighted by Gasteiger charge is 2.38. The number of aliphatic hydroxyl groups excluding tert-OH is 1. The molecule has 7 heteroatoms. The zero-order valence-corrected chi connectivity index (χ0v) is 16.9. The monoisotopic (exact) mass is 400 g/mol. The van der Waals surface area contributed by atoms with E-state index in [0.717, 1.165) is 28.7 Å². The Kier molecular flexibility index (Phi) is 4.17. The van der Waals surface area contributed by atoms with Crippen LogP contribution in [0.4, 0.5) is 0 Å². The summed E-state index contributed by atoms with van der Waals surface area (Å²) >= 11 is 0. The predicted molar refractivity (Wildman–Crippen MR) is 104 cm³/mol. The molecule has 3 atom stereocenters. The lowest BCUT2D eigenvalue weighted by Crippen LogP contribution is -2.22. The molecular formula is C22H24O7. The largest absolute Gasteiger partial charge is 0.492 e. The maximum Gasteiger partial charge on any atom is 0.231 e. The van der Waals surface area contributed by atoms with Gasteiger partial charge in [-0.2, -0.15) is 0 Å². The molecule has 0 saturated carbocycles. The molecule has 5 rings (SSSR count). The molecule has 2 aliphatic heterocycles. The average molecular weight is 400 g/mol. The van der Waals surface area contributed by atoms with Crippen molar-refractivity contribution in [3.8, 4) is 45.6 Å². The Morgan fingerprint density at radius 2 is 1.45 bits per heavy atom. The molecule has 2 aromatic rings. The Hall–Kier alpha value is -2.80. The second kappa shape index (κ2) is 6.62. The van der Waals surface area contributed by atoms with Gasteiger partial charge in [0, 0.05) is 11.1 Å². The summed E-state index contributed by atoms with van der Waals surface area (Å²) < 4.78 is 34.3. The van der Waals surface area contributed by atoms with Crippen molar-refractivity contribution in [1.82, 2.24) is 0 Å². The molecule has 3 aliphatic rings. The van der Waals surface area contributed by atoms with Gasteiger partial charge in [0.25, 0.3) is 0 Å². The van der Waals surface area contributed by atoms with Gasteiger partial charge in [-0.3, -0.25) is 0 Å². The fourth-order valence-corrected chi connectivity index (χ4v) is 4.54. The van der Waals surface area contributed by atoms with Crippen molar-refractivity contribution in [2.45, 2.75) is 26.4 Å². The Morgan fingerprint density at radius 3 is 2.07 bits per heavy atom. The minimum atomic E-state index is -0.702. The highest BCUT2D eigenvalue weighted by atomic mass is 16.7. The van der Waals surface area contributed by atoms with Crippen LogP contribution in [0.1, 0.15) is 31.1 Å². The molecule has 2 heterocycles. The molecule has 2 aromatic carbocycles. The van der Waals surface area contributed by atoms with Crippen LogP contribution < -0.4 is 28.4 Å². The standard InChI is InChI=1S/C22H24O7/c1-10-5-12-6-14-19(28-8-26-14)21(24-3)16(12)17-13(18(23)11(10)2)7-15-20(22(17)25-4)29-9-27-15/h6-7,10-11,18,23H,5,8-9H2,1-4H3/t10-,11-,18+/m0/s1. The summed E-state index contributed by atoms with van der Waals surface area (Å²) in [5.74, 6) is 3.67. The molecule has 0 spiro atoms. The first-order chi connectivity index (χ1) is 14.0. The molecule has 29 heavy (non-hydrogen) atoms. The lowest BCUT2D eigenvalue weighted by Gasteiger charge is -2.32. The van der Waals surface area contributed by atoms with Crippen LogP contribution in [0.2, 0.25) is 0 Å². The quantitative estimate of drug-likeness (QED) is 0.824. The van der Waals surface area contributed by atoms with Crippen molar-refractivity contribution in [3.63, 3.8) is 0 Å². The Morgan fingerprint density at radius 1 is 0.862 bits per heavy atom. The number of aliphatic hydroxyl groups is 1. The van der Waals surface area contributed by atoms with E-state index in [1.165, 1.54) is 0 Å². The molecule has 0 amide bonds. The van der Waals surface area contributed by atoms with E-state index in [1.807, 2.05) is 12.1 Å². The van der Waals surface area contributed by atoms with Gasteiger partial charge in [0.2, 0.25) is 25.1 Å². The van der Waals surface area contributed by atoms with E-state index in [2.05, 4.69) is 13.8 Å². The van der Waals surface area contributed by atoms with E-state index in [9.17, 15) is 5.11 Å². The van der Waals surface area contributed by atoms with Gasteiger partial charge in [0.1, 0.15) is 0 Å². The topological polar surface area (TPSA) is 75.6 Å². The van der Waals surface area contributed by atoms with Crippen LogP contribution in [-0.2, 0) is 6.42 Å². The molecular weight excluding hydrogens is 376 g/mol. The molecule has 0 fully saturated rings. The molecule has 0 unspecified atom stereocenters. The molecule has 7 nitrogen and oxygen atoms in total. The van der Waals surface area contributed by atoms with Crippen LogP contribution in [0.15, 0.2) is 12.1 Å². The molecule has 1 aliphatic carbocycles. The zero-order valence-electron chi connectivity index (χ0n) is 16.9. The van der Waals surface area contributed by atoms with Gasteiger partial charge >= 0.3 is 0 Å². The van der Waals surface area contributed by atoms with Gasteiger partial charge in [-0.25, -0.2) is 0 Å². The molecule has 0 saturated heterocycles. The fourth-order valence-electron chi connectivity index (χ4n) is 4.54. The van der Waals surface area contributed by atoms with Gasteiger partial charge in [-0.1, -0.05) is 13.8 Å². The Balaban J connectivity index is 1.90. The Bertz CT molecular complexity index is 984. The van der Waals surface area contributed by atoms with E-state index < -0.39 is 6.10 Å². The lowest BCUT2D eigenvalue weighted by molar-refractivity contribution is 0.0864. The highest BCUT2D eigenvalue weighted by molar-refractivity contribution is 5.89. The summed E-state index contributed by atoms with van der Waals surface area (Å²) in [6.45, 7) is 4.46. The maximum atomic E-state index is 11.3. The number of methoxy groups -OCH3 is 2. The average Bonchev–Trinajstić information content (AvgIpc) is 3.38. The van der Waals surface area contributed by atoms with Crippen LogP contribution in [0, 0.1) is 11.8 Å². The Labute approximate surface area is 169 Å². The summed E-state index contributed by atoms with van der Waals surface area (Å²) in [6, 6.07) is 3.86. The SMILES string of the molecule is COc1c2c(cc3c1-c1c(cc4c(c1OC)OCO4)[C@H](O)[C@@H](C)[C@@H](C)C3)OCO2. The van der Waals surface area contributed by atoms with Crippen molar-refractivity contribution in [1.29, 1.82) is 0 Å². The van der Waals surface area contributed by atoms with Gasteiger partial charge in [-0.05, 0) is 41.5 Å². The van der Waals surface area contributed by atoms with Gasteiger partial charge in [0.05, 0.1) is 20.3 Å². The van der Waals surface area contributed by atoms with Crippen LogP contribution in [-0.4, -0.2) is 32.9 Å². The summed E-state index contributed by atoms with van der Waals surface area (Å²) in [6.07, 6.45) is 0.0455. The first kappa shape index (κ1) is 18.2. The normalized spacial score (nSPS) is 23.7. The number of hydrogen-bond donors (Lipinski definition) is 1. The number of fused-ring (bicyclic) bond motifs is 5. The van der Waals surface area contributed by atoms with Crippen LogP contribution in [0.5, 0.6) is 34.5 Å². The van der Waals surface area contributed by atoms with E-state index in [4.69, 9.17) is 28.4 Å². The lowest BCUT2D eigenvalue weighted by atomic mass is 9.76. The van der Waals surface area contributed by atoms with Gasteiger partial charge in [0.15, 0.2) is 23.0 Å². The maximum absolute atomic E-state index is 11.3. The highest BCUT2D eigenvalue weighted by Crippen LogP contribution is 2.58. The first-order valence-electron chi connectivity index (χ1n) is 9.73. The zero-order chi connectivity index (χ0) is 20.3. The number of hydrogen-bond acceptors (Lipinski definition) is 7. The van der Waals surface area contributed by atoms with Gasteiger partial charge < -0.3 is 33.5 Å². The first-order valence-corrected chi connectivity index (χ1v) is 9.73. The summed E-state index contributed by atoms with van der Waals surface area (Å²) in [5.41, 5.74) is 3.35. The second-order valence-corrected chi connectivity index (χ2v) is 7.77. The van der Waals surface area contributed by atoms with Crippen LogP contribution in [0.25, 0.3) is 11.1 Å². The molecule has 0 bridgehead atoms. The van der Waals surface area contributed by atoms with E-state index in [1.54, 1.807) is 14.2 Å². The minimum absolute atomic E-state index is 0.0170. The van der Waals surface area contributed by atoms with Crippen molar-refractivity contribution >= 4 is 0 Å². The van der Waals surface area contributed by atoms with Crippen molar-refractivity contribution in [3.05, 3.63) is 23.3 Å². The predicted octanol–water partition coefficient (Wildman–Crippen LogP) is 3.69. The number of benzene rings is 2. The van der Waals surface area contributed by atoms with Crippen molar-refractivity contribution in [2.24, 2.45) is 11.8 Å². The minimum Gasteiger partial charge on any atom is -0.492 e. The molecule has 1 N–H and O–H groups in total. The number of ether oxygens (including phenoxy) is 6. The van der Waals surface area contributed by atoms with E-state index in [0.29, 0.717) is 34.5 Å². The number of rotatable bonds is 2. The van der Waals surface area contributed by atoms with Crippen molar-refractivity contribution < 1.29 is 33.5 Å². The third-order valence-electron chi connectivity index (χ3n) is 6.27. The van der Waals surface area contributed by atoms with E-state index >= 15 is 0 Å². The summed E-state index contributed by atoms with van der Waals surface area (Å²) in [7, 11) is 3.20. The van der Waals surface area contributed by atoms with Crippen LogP contribution in [0.3, 0.4) is 0 Å². The summed E-state index contributed by atoms with van der Waals surface area (Å²) in [5, 5.41) is 11.3.